The van der Waals surface area contributed by atoms with Gasteiger partial charge >= 0.3 is 0 Å². The first kappa shape index (κ1) is 19.2. The van der Waals surface area contributed by atoms with E-state index in [9.17, 15) is 9.59 Å². The van der Waals surface area contributed by atoms with Crippen LogP contribution in [0.5, 0.6) is 0 Å². The molecule has 2 aliphatic rings. The zero-order chi connectivity index (χ0) is 18.4. The third-order valence-electron chi connectivity index (χ3n) is 5.25. The first-order valence-electron chi connectivity index (χ1n) is 9.74. The minimum atomic E-state index is -0.158. The molecule has 0 bridgehead atoms. The quantitative estimate of drug-likeness (QED) is 0.819. The molecule has 142 valence electrons. The molecule has 2 N–H and O–H groups in total. The van der Waals surface area contributed by atoms with Crippen molar-refractivity contribution in [3.05, 3.63) is 28.8 Å². The predicted molar refractivity (Wildman–Crippen MR) is 105 cm³/mol. The minimum Gasteiger partial charge on any atom is -0.349 e. The normalized spacial score (nSPS) is 19.1. The largest absolute Gasteiger partial charge is 0.349 e. The Hall–Kier alpha value is -1.59. The van der Waals surface area contributed by atoms with E-state index in [1.54, 1.807) is 18.2 Å². The molecule has 1 aliphatic heterocycles. The first-order valence-corrected chi connectivity index (χ1v) is 10.1. The van der Waals surface area contributed by atoms with Gasteiger partial charge < -0.3 is 10.6 Å². The molecule has 0 radical (unpaired) electrons. The second kappa shape index (κ2) is 9.38. The van der Waals surface area contributed by atoms with Crippen molar-refractivity contribution in [2.75, 3.05) is 25.0 Å². The molecule has 1 heterocycles. The number of carbonyl (C=O) groups excluding carboxylic acids is 2. The van der Waals surface area contributed by atoms with Gasteiger partial charge in [-0.05, 0) is 57.0 Å². The Morgan fingerprint density at radius 1 is 1.04 bits per heavy atom. The van der Waals surface area contributed by atoms with E-state index in [0.29, 0.717) is 22.8 Å². The number of anilines is 1. The van der Waals surface area contributed by atoms with Crippen LogP contribution in [0.25, 0.3) is 0 Å². The van der Waals surface area contributed by atoms with Gasteiger partial charge in [-0.2, -0.15) is 0 Å². The van der Waals surface area contributed by atoms with Crippen molar-refractivity contribution in [1.29, 1.82) is 0 Å². The highest BCUT2D eigenvalue weighted by Crippen LogP contribution is 2.23. The summed E-state index contributed by atoms with van der Waals surface area (Å²) in [6, 6.07) is 5.32. The molecule has 5 nitrogen and oxygen atoms in total. The highest BCUT2D eigenvalue weighted by Gasteiger charge is 2.19. The van der Waals surface area contributed by atoms with Crippen molar-refractivity contribution >= 4 is 29.1 Å². The van der Waals surface area contributed by atoms with Crippen LogP contribution in [0.2, 0.25) is 5.02 Å². The van der Waals surface area contributed by atoms with Crippen LogP contribution in [-0.2, 0) is 4.79 Å². The maximum atomic E-state index is 12.6. The van der Waals surface area contributed by atoms with Gasteiger partial charge in [0.1, 0.15) is 0 Å². The molecule has 1 saturated carbocycles. The molecule has 26 heavy (non-hydrogen) atoms. The number of piperidine rings is 1. The lowest BCUT2D eigenvalue weighted by Gasteiger charge is -2.25. The van der Waals surface area contributed by atoms with Crippen LogP contribution in [0.3, 0.4) is 0 Å². The van der Waals surface area contributed by atoms with Crippen LogP contribution in [0.1, 0.15) is 61.7 Å². The molecule has 0 atom stereocenters. The molecule has 1 aromatic carbocycles. The van der Waals surface area contributed by atoms with E-state index in [2.05, 4.69) is 15.5 Å². The standard InChI is InChI=1S/C20H28ClN3O2/c21-18-10-9-16(22-19(25)14-24-11-5-2-6-12-24)13-17(18)20(26)23-15-7-3-1-4-8-15/h9-10,13,15H,1-8,11-12,14H2,(H,22,25)(H,23,26). The molecule has 0 aromatic heterocycles. The Morgan fingerprint density at radius 2 is 1.73 bits per heavy atom. The lowest BCUT2D eigenvalue weighted by atomic mass is 9.95. The number of amides is 2. The average molecular weight is 378 g/mol. The molecular weight excluding hydrogens is 350 g/mol. The van der Waals surface area contributed by atoms with Crippen molar-refractivity contribution in [2.45, 2.75) is 57.4 Å². The van der Waals surface area contributed by atoms with Crippen molar-refractivity contribution in [2.24, 2.45) is 0 Å². The number of benzene rings is 1. The van der Waals surface area contributed by atoms with Crippen molar-refractivity contribution in [3.8, 4) is 0 Å². The summed E-state index contributed by atoms with van der Waals surface area (Å²) >= 11 is 6.22. The van der Waals surface area contributed by atoms with E-state index < -0.39 is 0 Å². The van der Waals surface area contributed by atoms with E-state index in [1.165, 1.54) is 12.8 Å². The van der Waals surface area contributed by atoms with Gasteiger partial charge in [-0.1, -0.05) is 37.3 Å². The second-order valence-electron chi connectivity index (χ2n) is 7.39. The second-order valence-corrected chi connectivity index (χ2v) is 7.80. The fraction of sp³-hybridized carbons (Fsp3) is 0.600. The SMILES string of the molecule is O=C(CN1CCCCC1)Nc1ccc(Cl)c(C(=O)NC2CCCCC2)c1. The molecule has 1 aromatic rings. The topological polar surface area (TPSA) is 61.4 Å². The number of halogens is 1. The zero-order valence-corrected chi connectivity index (χ0v) is 16.0. The lowest BCUT2D eigenvalue weighted by molar-refractivity contribution is -0.117. The summed E-state index contributed by atoms with van der Waals surface area (Å²) in [6.07, 6.45) is 9.15. The van der Waals surface area contributed by atoms with E-state index in [-0.39, 0.29) is 17.9 Å². The number of hydrogen-bond donors (Lipinski definition) is 2. The maximum Gasteiger partial charge on any atom is 0.253 e. The number of nitrogens with one attached hydrogen (secondary N) is 2. The molecular formula is C20H28ClN3O2. The lowest BCUT2D eigenvalue weighted by Crippen LogP contribution is -2.37. The van der Waals surface area contributed by atoms with E-state index >= 15 is 0 Å². The minimum absolute atomic E-state index is 0.0483. The number of nitrogens with zero attached hydrogens (tertiary/aromatic N) is 1. The smallest absolute Gasteiger partial charge is 0.253 e. The average Bonchev–Trinajstić information content (AvgIpc) is 2.65. The van der Waals surface area contributed by atoms with Gasteiger partial charge in [0.25, 0.3) is 5.91 Å². The Kier molecular flexibility index (Phi) is 6.92. The highest BCUT2D eigenvalue weighted by molar-refractivity contribution is 6.34. The van der Waals surface area contributed by atoms with E-state index in [0.717, 1.165) is 51.6 Å². The molecule has 6 heteroatoms. The Bertz CT molecular complexity index is 638. The summed E-state index contributed by atoms with van der Waals surface area (Å²) in [6.45, 7) is 2.35. The molecule has 0 spiro atoms. The van der Waals surface area contributed by atoms with Gasteiger partial charge in [0, 0.05) is 11.7 Å². The van der Waals surface area contributed by atoms with Crippen LogP contribution in [0.4, 0.5) is 5.69 Å². The summed E-state index contributed by atoms with van der Waals surface area (Å²) in [7, 11) is 0. The highest BCUT2D eigenvalue weighted by atomic mass is 35.5. The third-order valence-corrected chi connectivity index (χ3v) is 5.58. The summed E-state index contributed by atoms with van der Waals surface area (Å²) in [5.41, 5.74) is 1.04. The Labute approximate surface area is 160 Å². The molecule has 1 saturated heterocycles. The van der Waals surface area contributed by atoms with Crippen molar-refractivity contribution in [1.82, 2.24) is 10.2 Å². The summed E-state index contributed by atoms with van der Waals surface area (Å²) < 4.78 is 0. The summed E-state index contributed by atoms with van der Waals surface area (Å²) in [5, 5.41) is 6.38. The molecule has 2 fully saturated rings. The van der Waals surface area contributed by atoms with E-state index in [1.807, 2.05) is 0 Å². The van der Waals surface area contributed by atoms with E-state index in [4.69, 9.17) is 11.6 Å². The number of carbonyl (C=O) groups is 2. The molecule has 1 aliphatic carbocycles. The third kappa shape index (κ3) is 5.45. The van der Waals surface area contributed by atoms with Crippen molar-refractivity contribution < 1.29 is 9.59 Å². The predicted octanol–water partition coefficient (Wildman–Crippen LogP) is 3.83. The summed E-state index contributed by atoms with van der Waals surface area (Å²) in [5.74, 6) is -0.207. The van der Waals surface area contributed by atoms with Gasteiger partial charge in [0.05, 0.1) is 17.1 Å². The Morgan fingerprint density at radius 3 is 2.46 bits per heavy atom. The summed E-state index contributed by atoms with van der Waals surface area (Å²) in [4.78, 5) is 27.0. The van der Waals surface area contributed by atoms with Crippen molar-refractivity contribution in [3.63, 3.8) is 0 Å². The van der Waals surface area contributed by atoms with Crippen LogP contribution in [0.15, 0.2) is 18.2 Å². The Balaban J connectivity index is 1.59. The maximum absolute atomic E-state index is 12.6. The first-order chi connectivity index (χ1) is 12.6. The number of hydrogen-bond acceptors (Lipinski definition) is 3. The molecule has 2 amide bonds. The van der Waals surface area contributed by atoms with Crippen LogP contribution >= 0.6 is 11.6 Å². The number of rotatable bonds is 5. The monoisotopic (exact) mass is 377 g/mol. The van der Waals surface area contributed by atoms with Gasteiger partial charge in [-0.25, -0.2) is 0 Å². The molecule has 0 unspecified atom stereocenters. The van der Waals surface area contributed by atoms with Gasteiger partial charge in [-0.3, -0.25) is 14.5 Å². The number of likely N-dealkylation sites (tertiary alicyclic amines) is 1. The molecule has 3 rings (SSSR count). The van der Waals surface area contributed by atoms with Gasteiger partial charge in [-0.15, -0.1) is 0 Å². The van der Waals surface area contributed by atoms with Gasteiger partial charge in [0.2, 0.25) is 5.91 Å². The van der Waals surface area contributed by atoms with Gasteiger partial charge in [0.15, 0.2) is 0 Å². The van der Waals surface area contributed by atoms with Crippen LogP contribution in [-0.4, -0.2) is 42.4 Å². The van der Waals surface area contributed by atoms with Crippen LogP contribution < -0.4 is 10.6 Å². The van der Waals surface area contributed by atoms with Crippen LogP contribution in [0, 0.1) is 0 Å². The fourth-order valence-corrected chi connectivity index (χ4v) is 4.01. The zero-order valence-electron chi connectivity index (χ0n) is 15.2. The fourth-order valence-electron chi connectivity index (χ4n) is 3.81.